The Balaban J connectivity index is 2.16. The first-order chi connectivity index (χ1) is 6.59. The summed E-state index contributed by atoms with van der Waals surface area (Å²) in [6.07, 6.45) is 7.02. The van der Waals surface area contributed by atoms with Crippen molar-refractivity contribution in [1.29, 1.82) is 0 Å². The minimum absolute atomic E-state index is 0.0938. The van der Waals surface area contributed by atoms with E-state index in [9.17, 15) is 4.79 Å². The number of carbonyl (C=O) groups is 1. The lowest BCUT2D eigenvalue weighted by atomic mass is 9.61. The van der Waals surface area contributed by atoms with Crippen molar-refractivity contribution in [2.24, 2.45) is 5.41 Å². The van der Waals surface area contributed by atoms with Crippen molar-refractivity contribution < 1.29 is 4.79 Å². The van der Waals surface area contributed by atoms with Crippen molar-refractivity contribution in [3.8, 4) is 0 Å². The molecule has 0 aromatic rings. The molecule has 2 unspecified atom stereocenters. The van der Waals surface area contributed by atoms with Crippen LogP contribution in [-0.4, -0.2) is 23.0 Å². The lowest BCUT2D eigenvalue weighted by Crippen LogP contribution is -2.74. The number of hydrogen-bond acceptors (Lipinski definition) is 2. The molecule has 1 aliphatic heterocycles. The summed E-state index contributed by atoms with van der Waals surface area (Å²) < 4.78 is 0.360. The van der Waals surface area contributed by atoms with Crippen LogP contribution in [0.1, 0.15) is 39.5 Å². The van der Waals surface area contributed by atoms with Crippen LogP contribution >= 0.6 is 11.8 Å². The Hall–Kier alpha value is -0.180. The Labute approximate surface area is 90.2 Å². The van der Waals surface area contributed by atoms with Crippen LogP contribution in [0.15, 0.2) is 0 Å². The van der Waals surface area contributed by atoms with Gasteiger partial charge in [-0.3, -0.25) is 4.79 Å². The van der Waals surface area contributed by atoms with E-state index in [2.05, 4.69) is 25.4 Å². The van der Waals surface area contributed by atoms with E-state index in [1.54, 1.807) is 0 Å². The molecule has 1 heterocycles. The summed E-state index contributed by atoms with van der Waals surface area (Å²) in [6, 6.07) is 0.413. The lowest BCUT2D eigenvalue weighted by molar-refractivity contribution is -0.147. The third-order valence-corrected chi connectivity index (χ3v) is 5.76. The number of thioether (sulfide) groups is 1. The molecule has 1 N–H and O–H groups in total. The van der Waals surface area contributed by atoms with Gasteiger partial charge in [-0.2, -0.15) is 11.8 Å². The smallest absolute Gasteiger partial charge is 0.228 e. The van der Waals surface area contributed by atoms with E-state index in [1.165, 1.54) is 19.3 Å². The monoisotopic (exact) mass is 213 g/mol. The number of amides is 1. The molecule has 2 rings (SSSR count). The standard InChI is InChI=1S/C11H19NOS/c1-4-10(2)8(12-9(10)13)11(14-3)6-5-7-11/h8H,4-7H2,1-3H3,(H,12,13). The van der Waals surface area contributed by atoms with Gasteiger partial charge >= 0.3 is 0 Å². The van der Waals surface area contributed by atoms with E-state index >= 15 is 0 Å². The van der Waals surface area contributed by atoms with Gasteiger partial charge in [-0.15, -0.1) is 0 Å². The lowest BCUT2D eigenvalue weighted by Gasteiger charge is -2.58. The van der Waals surface area contributed by atoms with Crippen LogP contribution in [0.4, 0.5) is 0 Å². The van der Waals surface area contributed by atoms with Crippen LogP contribution in [-0.2, 0) is 4.79 Å². The fourth-order valence-electron chi connectivity index (χ4n) is 2.72. The quantitative estimate of drug-likeness (QED) is 0.728. The zero-order valence-electron chi connectivity index (χ0n) is 9.22. The van der Waals surface area contributed by atoms with E-state index in [-0.39, 0.29) is 11.3 Å². The second-order valence-corrected chi connectivity index (χ2v) is 6.02. The van der Waals surface area contributed by atoms with Gasteiger partial charge in [0.2, 0.25) is 5.91 Å². The molecule has 2 atom stereocenters. The summed E-state index contributed by atoms with van der Waals surface area (Å²) in [5.74, 6) is 0.255. The molecule has 1 aliphatic carbocycles. The van der Waals surface area contributed by atoms with Gasteiger partial charge in [0.15, 0.2) is 0 Å². The molecule has 1 saturated carbocycles. The van der Waals surface area contributed by atoms with E-state index in [4.69, 9.17) is 0 Å². The van der Waals surface area contributed by atoms with E-state index in [0.29, 0.717) is 10.8 Å². The highest BCUT2D eigenvalue weighted by molar-refractivity contribution is 8.00. The topological polar surface area (TPSA) is 29.1 Å². The van der Waals surface area contributed by atoms with Crippen molar-refractivity contribution in [1.82, 2.24) is 5.32 Å². The van der Waals surface area contributed by atoms with E-state index < -0.39 is 0 Å². The predicted molar refractivity (Wildman–Crippen MR) is 60.4 cm³/mol. The summed E-state index contributed by atoms with van der Waals surface area (Å²) in [5, 5.41) is 3.12. The maximum Gasteiger partial charge on any atom is 0.228 e. The highest BCUT2D eigenvalue weighted by Crippen LogP contribution is 2.54. The summed E-state index contributed by atoms with van der Waals surface area (Å²) in [7, 11) is 0. The minimum Gasteiger partial charge on any atom is -0.350 e. The van der Waals surface area contributed by atoms with Crippen molar-refractivity contribution >= 4 is 17.7 Å². The Kier molecular flexibility index (Phi) is 2.33. The van der Waals surface area contributed by atoms with Crippen LogP contribution in [0.5, 0.6) is 0 Å². The Morgan fingerprint density at radius 3 is 2.50 bits per heavy atom. The van der Waals surface area contributed by atoms with Crippen LogP contribution in [0.25, 0.3) is 0 Å². The number of carbonyl (C=O) groups excluding carboxylic acids is 1. The molecule has 0 spiro atoms. The van der Waals surface area contributed by atoms with Gasteiger partial charge in [0.25, 0.3) is 0 Å². The van der Waals surface area contributed by atoms with Gasteiger partial charge in [0.1, 0.15) is 0 Å². The number of rotatable bonds is 3. The first-order valence-corrected chi connectivity index (χ1v) is 6.68. The molecular formula is C11H19NOS. The average Bonchev–Trinajstić information content (AvgIpc) is 2.14. The van der Waals surface area contributed by atoms with Gasteiger partial charge in [0, 0.05) is 4.75 Å². The van der Waals surface area contributed by atoms with Gasteiger partial charge in [0.05, 0.1) is 11.5 Å². The second-order valence-electron chi connectivity index (χ2n) is 4.80. The summed E-state index contributed by atoms with van der Waals surface area (Å²) in [4.78, 5) is 11.6. The average molecular weight is 213 g/mol. The molecule has 2 nitrogen and oxygen atoms in total. The predicted octanol–water partition coefficient (Wildman–Crippen LogP) is 2.19. The zero-order chi connectivity index (χ0) is 10.4. The van der Waals surface area contributed by atoms with Crippen molar-refractivity contribution in [2.45, 2.75) is 50.3 Å². The fraction of sp³-hybridized carbons (Fsp3) is 0.909. The van der Waals surface area contributed by atoms with Crippen LogP contribution < -0.4 is 5.32 Å². The number of hydrogen-bond donors (Lipinski definition) is 1. The van der Waals surface area contributed by atoms with Gasteiger partial charge in [-0.05, 0) is 32.4 Å². The Bertz CT molecular complexity index is 257. The SMILES string of the molecule is CCC1(C)C(=O)NC1C1(SC)CCC1. The minimum atomic E-state index is -0.0938. The van der Waals surface area contributed by atoms with Crippen LogP contribution in [0, 0.1) is 5.41 Å². The van der Waals surface area contributed by atoms with Crippen LogP contribution in [0.2, 0.25) is 0 Å². The third-order valence-electron chi connectivity index (χ3n) is 4.30. The molecule has 0 aromatic carbocycles. The fourth-order valence-corrected chi connectivity index (χ4v) is 3.97. The van der Waals surface area contributed by atoms with Crippen molar-refractivity contribution in [3.05, 3.63) is 0 Å². The van der Waals surface area contributed by atoms with Crippen LogP contribution in [0.3, 0.4) is 0 Å². The maximum atomic E-state index is 11.6. The molecule has 2 fully saturated rings. The summed E-state index contributed by atoms with van der Waals surface area (Å²) >= 11 is 1.95. The Morgan fingerprint density at radius 2 is 2.21 bits per heavy atom. The Morgan fingerprint density at radius 1 is 1.57 bits per heavy atom. The van der Waals surface area contributed by atoms with Gasteiger partial charge < -0.3 is 5.32 Å². The van der Waals surface area contributed by atoms with E-state index in [0.717, 1.165) is 6.42 Å². The highest BCUT2D eigenvalue weighted by atomic mass is 32.2. The highest BCUT2D eigenvalue weighted by Gasteiger charge is 2.60. The maximum absolute atomic E-state index is 11.6. The normalized spacial score (nSPS) is 39.6. The molecule has 2 aliphatic rings. The molecule has 80 valence electrons. The van der Waals surface area contributed by atoms with Crippen molar-refractivity contribution in [3.63, 3.8) is 0 Å². The van der Waals surface area contributed by atoms with Crippen molar-refractivity contribution in [2.75, 3.05) is 6.26 Å². The number of β-lactam (4-membered cyclic amide) rings is 1. The summed E-state index contributed by atoms with van der Waals surface area (Å²) in [6.45, 7) is 4.24. The molecule has 0 aromatic heterocycles. The molecule has 1 amide bonds. The molecule has 0 radical (unpaired) electrons. The molecule has 0 bridgehead atoms. The zero-order valence-corrected chi connectivity index (χ0v) is 10.0. The van der Waals surface area contributed by atoms with Gasteiger partial charge in [-0.1, -0.05) is 13.3 Å². The molecule has 3 heteroatoms. The first kappa shape index (κ1) is 10.3. The second kappa shape index (κ2) is 3.16. The van der Waals surface area contributed by atoms with Gasteiger partial charge in [-0.25, -0.2) is 0 Å². The summed E-state index contributed by atoms with van der Waals surface area (Å²) in [5.41, 5.74) is -0.0938. The largest absolute Gasteiger partial charge is 0.350 e. The van der Waals surface area contributed by atoms with E-state index in [1.807, 2.05) is 11.8 Å². The molecular weight excluding hydrogens is 194 g/mol. The number of nitrogens with one attached hydrogen (secondary N) is 1. The first-order valence-electron chi connectivity index (χ1n) is 5.45. The molecule has 14 heavy (non-hydrogen) atoms. The third kappa shape index (κ3) is 1.08. The molecule has 1 saturated heterocycles.